The highest BCUT2D eigenvalue weighted by molar-refractivity contribution is 5.85. The Morgan fingerprint density at radius 1 is 1.39 bits per heavy atom. The molecule has 0 aromatic rings. The Kier molecular flexibility index (Phi) is 11.2. The molecule has 1 fully saturated rings. The number of methoxy groups -OCH3 is 1. The molecular weight excluding hydrogens is 318 g/mol. The average Bonchev–Trinajstić information content (AvgIpc) is 2.52. The van der Waals surface area contributed by atoms with E-state index in [1.807, 2.05) is 11.8 Å². The molecule has 3 unspecified atom stereocenters. The second-order valence-electron chi connectivity index (χ2n) is 6.11. The Morgan fingerprint density at radius 3 is 2.65 bits per heavy atom. The van der Waals surface area contributed by atoms with Crippen molar-refractivity contribution in [2.24, 2.45) is 11.7 Å². The molecular formula is C16H32ClN3O3. The van der Waals surface area contributed by atoms with Crippen LogP contribution >= 0.6 is 12.4 Å². The first-order chi connectivity index (χ1) is 10.5. The lowest BCUT2D eigenvalue weighted by atomic mass is 9.92. The zero-order chi connectivity index (χ0) is 16.5. The van der Waals surface area contributed by atoms with Crippen LogP contribution in [-0.2, 0) is 14.3 Å². The summed E-state index contributed by atoms with van der Waals surface area (Å²) in [6.07, 6.45) is 3.78. The number of carbonyl (C=O) groups is 2. The van der Waals surface area contributed by atoms with Gasteiger partial charge in [0, 0.05) is 32.8 Å². The summed E-state index contributed by atoms with van der Waals surface area (Å²) in [5.74, 6) is -0.00741. The van der Waals surface area contributed by atoms with E-state index < -0.39 is 0 Å². The SMILES string of the molecule is CCCCNC(=O)C1CCC(C)N(C(=O)CC(CN)OC)C1.Cl. The van der Waals surface area contributed by atoms with Gasteiger partial charge in [-0.2, -0.15) is 0 Å². The molecule has 3 atom stereocenters. The minimum Gasteiger partial charge on any atom is -0.380 e. The van der Waals surface area contributed by atoms with Crippen LogP contribution in [0.2, 0.25) is 0 Å². The van der Waals surface area contributed by atoms with E-state index in [2.05, 4.69) is 12.2 Å². The summed E-state index contributed by atoms with van der Waals surface area (Å²) in [7, 11) is 1.56. The predicted molar refractivity (Wildman–Crippen MR) is 93.5 cm³/mol. The quantitative estimate of drug-likeness (QED) is 0.647. The Morgan fingerprint density at radius 2 is 2.09 bits per heavy atom. The number of piperidine rings is 1. The van der Waals surface area contributed by atoms with Crippen molar-refractivity contribution in [1.82, 2.24) is 10.2 Å². The van der Waals surface area contributed by atoms with Gasteiger partial charge in [-0.25, -0.2) is 0 Å². The molecule has 1 aliphatic heterocycles. The molecule has 0 saturated carbocycles. The first-order valence-electron chi connectivity index (χ1n) is 8.33. The average molecular weight is 350 g/mol. The van der Waals surface area contributed by atoms with Gasteiger partial charge in [-0.3, -0.25) is 9.59 Å². The maximum Gasteiger partial charge on any atom is 0.225 e. The fourth-order valence-electron chi connectivity index (χ4n) is 2.78. The van der Waals surface area contributed by atoms with E-state index in [-0.39, 0.29) is 48.7 Å². The number of rotatable bonds is 8. The summed E-state index contributed by atoms with van der Waals surface area (Å²) in [5, 5.41) is 2.97. The summed E-state index contributed by atoms with van der Waals surface area (Å²) in [4.78, 5) is 26.4. The summed E-state index contributed by atoms with van der Waals surface area (Å²) >= 11 is 0. The molecule has 0 spiro atoms. The topological polar surface area (TPSA) is 84.7 Å². The minimum absolute atomic E-state index is 0. The number of nitrogens with one attached hydrogen (secondary N) is 1. The van der Waals surface area contributed by atoms with Crippen molar-refractivity contribution < 1.29 is 14.3 Å². The molecule has 1 heterocycles. The minimum atomic E-state index is -0.251. The maximum atomic E-state index is 12.4. The number of halogens is 1. The van der Waals surface area contributed by atoms with Gasteiger partial charge in [-0.05, 0) is 26.2 Å². The third kappa shape index (κ3) is 7.06. The van der Waals surface area contributed by atoms with Gasteiger partial charge in [0.05, 0.1) is 18.4 Å². The summed E-state index contributed by atoms with van der Waals surface area (Å²) in [5.41, 5.74) is 5.58. The van der Waals surface area contributed by atoms with Crippen LogP contribution in [0.4, 0.5) is 0 Å². The molecule has 0 aromatic heterocycles. The lowest BCUT2D eigenvalue weighted by Crippen LogP contribution is -2.50. The molecule has 1 aliphatic rings. The Bertz CT molecular complexity index is 364. The lowest BCUT2D eigenvalue weighted by Gasteiger charge is -2.38. The van der Waals surface area contributed by atoms with Gasteiger partial charge in [0.25, 0.3) is 0 Å². The highest BCUT2D eigenvalue weighted by atomic mass is 35.5. The number of nitrogens with two attached hydrogens (primary N) is 1. The highest BCUT2D eigenvalue weighted by Gasteiger charge is 2.33. The van der Waals surface area contributed by atoms with Crippen molar-refractivity contribution in [3.8, 4) is 0 Å². The predicted octanol–water partition coefficient (Wildman–Crippen LogP) is 1.32. The van der Waals surface area contributed by atoms with E-state index in [4.69, 9.17) is 10.5 Å². The molecule has 23 heavy (non-hydrogen) atoms. The number of ether oxygens (including phenoxy) is 1. The van der Waals surface area contributed by atoms with Crippen LogP contribution in [0.25, 0.3) is 0 Å². The van der Waals surface area contributed by atoms with Gasteiger partial charge in [0.1, 0.15) is 0 Å². The Balaban J connectivity index is 0.00000484. The van der Waals surface area contributed by atoms with Crippen LogP contribution in [0.15, 0.2) is 0 Å². The van der Waals surface area contributed by atoms with Crippen LogP contribution in [0, 0.1) is 5.92 Å². The van der Waals surface area contributed by atoms with Crippen molar-refractivity contribution in [3.63, 3.8) is 0 Å². The summed E-state index contributed by atoms with van der Waals surface area (Å²) in [6, 6.07) is 0.169. The largest absolute Gasteiger partial charge is 0.380 e. The Labute approximate surface area is 145 Å². The van der Waals surface area contributed by atoms with Crippen LogP contribution < -0.4 is 11.1 Å². The first-order valence-corrected chi connectivity index (χ1v) is 8.33. The van der Waals surface area contributed by atoms with Crippen molar-refractivity contribution in [3.05, 3.63) is 0 Å². The van der Waals surface area contributed by atoms with Crippen LogP contribution in [-0.4, -0.2) is 55.6 Å². The molecule has 6 nitrogen and oxygen atoms in total. The lowest BCUT2D eigenvalue weighted by molar-refractivity contribution is -0.140. The molecule has 0 radical (unpaired) electrons. The van der Waals surface area contributed by atoms with E-state index in [0.29, 0.717) is 19.6 Å². The molecule has 0 aromatic carbocycles. The van der Waals surface area contributed by atoms with Crippen molar-refractivity contribution >= 4 is 24.2 Å². The number of carbonyl (C=O) groups excluding carboxylic acids is 2. The number of unbranched alkanes of at least 4 members (excludes halogenated alkanes) is 1. The van der Waals surface area contributed by atoms with Crippen LogP contribution in [0.5, 0.6) is 0 Å². The van der Waals surface area contributed by atoms with E-state index in [9.17, 15) is 9.59 Å². The van der Waals surface area contributed by atoms with E-state index >= 15 is 0 Å². The third-order valence-corrected chi connectivity index (χ3v) is 4.40. The normalized spacial score (nSPS) is 22.2. The number of hydrogen-bond acceptors (Lipinski definition) is 4. The number of hydrogen-bond donors (Lipinski definition) is 2. The molecule has 1 saturated heterocycles. The molecule has 7 heteroatoms. The van der Waals surface area contributed by atoms with Gasteiger partial charge in [0.2, 0.25) is 11.8 Å². The van der Waals surface area contributed by atoms with Gasteiger partial charge < -0.3 is 20.7 Å². The maximum absolute atomic E-state index is 12.4. The van der Waals surface area contributed by atoms with Crippen LogP contribution in [0.1, 0.15) is 46.0 Å². The molecule has 2 amide bonds. The number of likely N-dealkylation sites (tertiary alicyclic amines) is 1. The van der Waals surface area contributed by atoms with Gasteiger partial charge in [-0.15, -0.1) is 12.4 Å². The molecule has 136 valence electrons. The third-order valence-electron chi connectivity index (χ3n) is 4.40. The smallest absolute Gasteiger partial charge is 0.225 e. The second kappa shape index (κ2) is 11.6. The molecule has 0 aliphatic carbocycles. The summed E-state index contributed by atoms with van der Waals surface area (Å²) < 4.78 is 5.18. The van der Waals surface area contributed by atoms with E-state index in [1.165, 1.54) is 0 Å². The number of nitrogens with zero attached hydrogens (tertiary/aromatic N) is 1. The van der Waals surface area contributed by atoms with Crippen molar-refractivity contribution in [1.29, 1.82) is 0 Å². The standard InChI is InChI=1S/C16H31N3O3.ClH/c1-4-5-8-18-16(21)13-7-6-12(2)19(11-13)15(20)9-14(10-17)22-3;/h12-14H,4-11,17H2,1-3H3,(H,18,21);1H. The molecule has 3 N–H and O–H groups in total. The van der Waals surface area contributed by atoms with E-state index in [1.54, 1.807) is 7.11 Å². The Hall–Kier alpha value is -0.850. The summed E-state index contributed by atoms with van der Waals surface area (Å²) in [6.45, 7) is 5.67. The van der Waals surface area contributed by atoms with Gasteiger partial charge in [0.15, 0.2) is 0 Å². The fourth-order valence-corrected chi connectivity index (χ4v) is 2.78. The zero-order valence-electron chi connectivity index (χ0n) is 14.5. The van der Waals surface area contributed by atoms with Gasteiger partial charge >= 0.3 is 0 Å². The first kappa shape index (κ1) is 22.1. The zero-order valence-corrected chi connectivity index (χ0v) is 15.4. The number of amides is 2. The molecule has 0 bridgehead atoms. The van der Waals surface area contributed by atoms with Crippen LogP contribution in [0.3, 0.4) is 0 Å². The van der Waals surface area contributed by atoms with Gasteiger partial charge in [-0.1, -0.05) is 13.3 Å². The molecule has 1 rings (SSSR count). The highest BCUT2D eigenvalue weighted by Crippen LogP contribution is 2.23. The monoisotopic (exact) mass is 349 g/mol. The van der Waals surface area contributed by atoms with Crippen molar-refractivity contribution in [2.75, 3.05) is 26.7 Å². The van der Waals surface area contributed by atoms with Crippen molar-refractivity contribution in [2.45, 2.75) is 58.1 Å². The second-order valence-corrected chi connectivity index (χ2v) is 6.11. The fraction of sp³-hybridized carbons (Fsp3) is 0.875. The van der Waals surface area contributed by atoms with E-state index in [0.717, 1.165) is 25.7 Å².